The van der Waals surface area contributed by atoms with Crippen LogP contribution in [-0.4, -0.2) is 22.6 Å². The maximum Gasteiger partial charge on any atom is 0.224 e. The summed E-state index contributed by atoms with van der Waals surface area (Å²) in [5, 5.41) is 6.80. The Labute approximate surface area is 110 Å². The van der Waals surface area contributed by atoms with E-state index in [-0.39, 0.29) is 0 Å². The SMILES string of the molecule is CCCNc1ncc(C)c(NC2CCC(C)C2)n1. The smallest absolute Gasteiger partial charge is 0.224 e. The van der Waals surface area contributed by atoms with Gasteiger partial charge >= 0.3 is 0 Å². The topological polar surface area (TPSA) is 49.8 Å². The number of nitrogens with zero attached hydrogens (tertiary/aromatic N) is 2. The van der Waals surface area contributed by atoms with Gasteiger partial charge in [-0.2, -0.15) is 4.98 Å². The van der Waals surface area contributed by atoms with Gasteiger partial charge in [0.15, 0.2) is 0 Å². The molecule has 0 saturated heterocycles. The Kier molecular flexibility index (Phi) is 4.39. The van der Waals surface area contributed by atoms with Crippen molar-refractivity contribution in [3.63, 3.8) is 0 Å². The van der Waals surface area contributed by atoms with E-state index in [9.17, 15) is 0 Å². The molecule has 0 bridgehead atoms. The molecular weight excluding hydrogens is 224 g/mol. The van der Waals surface area contributed by atoms with Gasteiger partial charge in [0, 0.05) is 24.3 Å². The van der Waals surface area contributed by atoms with Crippen molar-refractivity contribution >= 4 is 11.8 Å². The van der Waals surface area contributed by atoms with Gasteiger partial charge in [-0.25, -0.2) is 4.98 Å². The fourth-order valence-electron chi connectivity index (χ4n) is 2.44. The quantitative estimate of drug-likeness (QED) is 0.840. The Morgan fingerprint density at radius 2 is 2.22 bits per heavy atom. The molecule has 0 aliphatic heterocycles. The lowest BCUT2D eigenvalue weighted by molar-refractivity contribution is 0.602. The Bertz CT molecular complexity index is 391. The van der Waals surface area contributed by atoms with Crippen LogP contribution in [0.4, 0.5) is 11.8 Å². The summed E-state index contributed by atoms with van der Waals surface area (Å²) < 4.78 is 0. The molecule has 0 aromatic carbocycles. The maximum absolute atomic E-state index is 4.56. The molecule has 4 nitrogen and oxygen atoms in total. The van der Waals surface area contributed by atoms with E-state index in [1.54, 1.807) is 0 Å². The third-order valence-corrected chi connectivity index (χ3v) is 3.54. The number of rotatable bonds is 5. The number of hydrogen-bond acceptors (Lipinski definition) is 4. The Hall–Kier alpha value is -1.32. The van der Waals surface area contributed by atoms with Crippen LogP contribution in [0.3, 0.4) is 0 Å². The molecular formula is C14H24N4. The zero-order chi connectivity index (χ0) is 13.0. The fraction of sp³-hybridized carbons (Fsp3) is 0.714. The molecule has 0 spiro atoms. The molecule has 0 amide bonds. The van der Waals surface area contributed by atoms with E-state index in [0.717, 1.165) is 36.2 Å². The first-order valence-corrected chi connectivity index (χ1v) is 7.03. The van der Waals surface area contributed by atoms with Crippen molar-refractivity contribution in [1.29, 1.82) is 0 Å². The maximum atomic E-state index is 4.56. The lowest BCUT2D eigenvalue weighted by Gasteiger charge is -2.15. The molecule has 1 heterocycles. The number of aryl methyl sites for hydroxylation is 1. The van der Waals surface area contributed by atoms with Gasteiger partial charge < -0.3 is 10.6 Å². The normalized spacial score (nSPS) is 23.1. The minimum absolute atomic E-state index is 0.577. The van der Waals surface area contributed by atoms with Crippen molar-refractivity contribution in [2.75, 3.05) is 17.2 Å². The second-order valence-electron chi connectivity index (χ2n) is 5.41. The van der Waals surface area contributed by atoms with Gasteiger partial charge in [0.1, 0.15) is 5.82 Å². The van der Waals surface area contributed by atoms with Crippen LogP contribution in [0.25, 0.3) is 0 Å². The van der Waals surface area contributed by atoms with Crippen LogP contribution >= 0.6 is 0 Å². The molecule has 1 aromatic rings. The molecule has 2 atom stereocenters. The van der Waals surface area contributed by atoms with Gasteiger partial charge in [0.25, 0.3) is 0 Å². The molecule has 1 saturated carbocycles. The van der Waals surface area contributed by atoms with Crippen LogP contribution in [0.5, 0.6) is 0 Å². The molecule has 0 radical (unpaired) electrons. The Balaban J connectivity index is 2.01. The van der Waals surface area contributed by atoms with Crippen molar-refractivity contribution in [2.24, 2.45) is 5.92 Å². The number of aromatic nitrogens is 2. The van der Waals surface area contributed by atoms with Crippen molar-refractivity contribution in [3.8, 4) is 0 Å². The summed E-state index contributed by atoms with van der Waals surface area (Å²) in [6, 6.07) is 0.577. The van der Waals surface area contributed by atoms with Gasteiger partial charge in [0.05, 0.1) is 0 Å². The highest BCUT2D eigenvalue weighted by atomic mass is 15.1. The molecule has 2 rings (SSSR count). The van der Waals surface area contributed by atoms with Crippen LogP contribution in [-0.2, 0) is 0 Å². The summed E-state index contributed by atoms with van der Waals surface area (Å²) in [6.45, 7) is 7.44. The summed E-state index contributed by atoms with van der Waals surface area (Å²) in [4.78, 5) is 8.87. The number of nitrogens with one attached hydrogen (secondary N) is 2. The number of anilines is 2. The van der Waals surface area contributed by atoms with Crippen molar-refractivity contribution < 1.29 is 0 Å². The van der Waals surface area contributed by atoms with Gasteiger partial charge in [0.2, 0.25) is 5.95 Å². The number of hydrogen-bond donors (Lipinski definition) is 2. The van der Waals surface area contributed by atoms with Gasteiger partial charge in [-0.1, -0.05) is 13.8 Å². The monoisotopic (exact) mass is 248 g/mol. The van der Waals surface area contributed by atoms with Crippen LogP contribution in [0.2, 0.25) is 0 Å². The fourth-order valence-corrected chi connectivity index (χ4v) is 2.44. The standard InChI is InChI=1S/C14H24N4/c1-4-7-15-14-16-9-11(3)13(18-14)17-12-6-5-10(2)8-12/h9-10,12H,4-8H2,1-3H3,(H2,15,16,17,18). The molecule has 100 valence electrons. The van der Waals surface area contributed by atoms with E-state index in [0.29, 0.717) is 6.04 Å². The highest BCUT2D eigenvalue weighted by Gasteiger charge is 2.21. The van der Waals surface area contributed by atoms with E-state index >= 15 is 0 Å². The molecule has 4 heteroatoms. The van der Waals surface area contributed by atoms with E-state index in [2.05, 4.69) is 41.4 Å². The van der Waals surface area contributed by atoms with E-state index in [1.165, 1.54) is 19.3 Å². The first kappa shape index (κ1) is 13.1. The third-order valence-electron chi connectivity index (χ3n) is 3.54. The van der Waals surface area contributed by atoms with E-state index in [1.807, 2.05) is 6.20 Å². The molecule has 1 aromatic heterocycles. The van der Waals surface area contributed by atoms with Gasteiger partial charge in [-0.05, 0) is 38.5 Å². The average molecular weight is 248 g/mol. The van der Waals surface area contributed by atoms with Crippen molar-refractivity contribution in [1.82, 2.24) is 9.97 Å². The van der Waals surface area contributed by atoms with Crippen LogP contribution in [0.15, 0.2) is 6.20 Å². The largest absolute Gasteiger partial charge is 0.367 e. The van der Waals surface area contributed by atoms with Crippen molar-refractivity contribution in [2.45, 2.75) is 52.5 Å². The molecule has 18 heavy (non-hydrogen) atoms. The van der Waals surface area contributed by atoms with Crippen LogP contribution in [0, 0.1) is 12.8 Å². The molecule has 2 unspecified atom stereocenters. The van der Waals surface area contributed by atoms with Gasteiger partial charge in [-0.15, -0.1) is 0 Å². The molecule has 2 N–H and O–H groups in total. The van der Waals surface area contributed by atoms with E-state index in [4.69, 9.17) is 0 Å². The second-order valence-corrected chi connectivity index (χ2v) is 5.41. The summed E-state index contributed by atoms with van der Waals surface area (Å²) >= 11 is 0. The Morgan fingerprint density at radius 3 is 2.89 bits per heavy atom. The lowest BCUT2D eigenvalue weighted by Crippen LogP contribution is -2.18. The zero-order valence-corrected chi connectivity index (χ0v) is 11.7. The van der Waals surface area contributed by atoms with Crippen molar-refractivity contribution in [3.05, 3.63) is 11.8 Å². The predicted molar refractivity (Wildman–Crippen MR) is 76.0 cm³/mol. The molecule has 1 aliphatic rings. The Morgan fingerprint density at radius 1 is 1.39 bits per heavy atom. The summed E-state index contributed by atoms with van der Waals surface area (Å²) in [6.07, 6.45) is 6.80. The highest BCUT2D eigenvalue weighted by molar-refractivity contribution is 5.47. The minimum atomic E-state index is 0.577. The summed E-state index contributed by atoms with van der Waals surface area (Å²) in [5.41, 5.74) is 1.12. The zero-order valence-electron chi connectivity index (χ0n) is 11.7. The van der Waals surface area contributed by atoms with Gasteiger partial charge in [-0.3, -0.25) is 0 Å². The second kappa shape index (κ2) is 6.03. The first-order chi connectivity index (χ1) is 8.69. The first-order valence-electron chi connectivity index (χ1n) is 7.03. The predicted octanol–water partition coefficient (Wildman–Crippen LogP) is 3.21. The van der Waals surface area contributed by atoms with E-state index < -0.39 is 0 Å². The lowest BCUT2D eigenvalue weighted by atomic mass is 10.1. The van der Waals surface area contributed by atoms with Crippen LogP contribution < -0.4 is 10.6 Å². The summed E-state index contributed by atoms with van der Waals surface area (Å²) in [5.74, 6) is 2.56. The molecule has 1 aliphatic carbocycles. The summed E-state index contributed by atoms with van der Waals surface area (Å²) in [7, 11) is 0. The average Bonchev–Trinajstić information content (AvgIpc) is 2.76. The molecule has 1 fully saturated rings. The highest BCUT2D eigenvalue weighted by Crippen LogP contribution is 2.27. The third kappa shape index (κ3) is 3.34. The van der Waals surface area contributed by atoms with Crippen LogP contribution in [0.1, 0.15) is 45.1 Å². The minimum Gasteiger partial charge on any atom is -0.367 e.